The van der Waals surface area contributed by atoms with Gasteiger partial charge in [0.2, 0.25) is 0 Å². The average molecular weight is 489 g/mol. The van der Waals surface area contributed by atoms with E-state index in [1.807, 2.05) is 13.8 Å². The summed E-state index contributed by atoms with van der Waals surface area (Å²) in [6, 6.07) is 0. The van der Waals surface area contributed by atoms with Gasteiger partial charge in [0.1, 0.15) is 11.9 Å². The summed E-state index contributed by atoms with van der Waals surface area (Å²) in [6.07, 6.45) is 9.08. The van der Waals surface area contributed by atoms with Crippen LogP contribution in [0.15, 0.2) is 11.6 Å². The predicted octanol–water partition coefficient (Wildman–Crippen LogP) is 6.33. The Bertz CT molecular complexity index is 873. The average Bonchev–Trinajstić information content (AvgIpc) is 3.07. The predicted molar refractivity (Wildman–Crippen MR) is 141 cm³/mol. The third kappa shape index (κ3) is 3.83. The van der Waals surface area contributed by atoms with Gasteiger partial charge in [-0.05, 0) is 98.7 Å². The Labute approximate surface area is 214 Å². The Hall–Kier alpha value is -0.710. The summed E-state index contributed by atoms with van der Waals surface area (Å²) in [4.78, 5) is 12.8. The molecule has 3 fully saturated rings. The van der Waals surface area contributed by atoms with Crippen LogP contribution >= 0.6 is 0 Å². The Morgan fingerprint density at radius 2 is 1.74 bits per heavy atom. The summed E-state index contributed by atoms with van der Waals surface area (Å²) < 4.78 is 5.44. The number of ketones is 1. The highest BCUT2D eigenvalue weighted by atomic mass is 16.5. The number of rotatable bonds is 6. The van der Waals surface area contributed by atoms with Crippen LogP contribution in [0.4, 0.5) is 0 Å². The minimum atomic E-state index is -0.901. The number of methoxy groups -OCH3 is 1. The van der Waals surface area contributed by atoms with Crippen molar-refractivity contribution in [2.24, 2.45) is 45.3 Å². The Kier molecular flexibility index (Phi) is 6.77. The van der Waals surface area contributed by atoms with Gasteiger partial charge in [0.15, 0.2) is 0 Å². The van der Waals surface area contributed by atoms with Crippen molar-refractivity contribution in [3.05, 3.63) is 11.6 Å². The molecular weight excluding hydrogens is 436 g/mol. The van der Waals surface area contributed by atoms with Gasteiger partial charge in [-0.15, -0.1) is 0 Å². The maximum absolute atomic E-state index is 12.8. The molecule has 0 aliphatic heterocycles. The molecule has 0 spiro atoms. The van der Waals surface area contributed by atoms with E-state index in [-0.39, 0.29) is 21.7 Å². The summed E-state index contributed by atoms with van der Waals surface area (Å²) in [5.74, 6) is 2.33. The second-order valence-corrected chi connectivity index (χ2v) is 14.6. The largest absolute Gasteiger partial charge is 0.390 e. The maximum atomic E-state index is 12.8. The van der Waals surface area contributed by atoms with Crippen molar-refractivity contribution in [2.45, 2.75) is 125 Å². The third-order valence-electron chi connectivity index (χ3n) is 12.5. The number of ether oxygens (including phenoxy) is 1. The van der Waals surface area contributed by atoms with Gasteiger partial charge in [0.25, 0.3) is 0 Å². The molecule has 35 heavy (non-hydrogen) atoms. The zero-order chi connectivity index (χ0) is 26.2. The molecule has 4 heteroatoms. The molecule has 0 heterocycles. The minimum Gasteiger partial charge on any atom is -0.390 e. The van der Waals surface area contributed by atoms with E-state index in [1.54, 1.807) is 12.7 Å². The smallest absolute Gasteiger partial charge is 0.138 e. The molecular formula is C31H52O4. The van der Waals surface area contributed by atoms with Crippen LogP contribution in [0.1, 0.15) is 107 Å². The van der Waals surface area contributed by atoms with Crippen LogP contribution in [-0.2, 0) is 9.53 Å². The molecule has 0 aromatic heterocycles. The van der Waals surface area contributed by atoms with Gasteiger partial charge in [0.05, 0.1) is 11.7 Å². The number of aliphatic hydroxyl groups excluding tert-OH is 2. The lowest BCUT2D eigenvalue weighted by Crippen LogP contribution is -2.57. The van der Waals surface area contributed by atoms with Crippen molar-refractivity contribution in [3.63, 3.8) is 0 Å². The summed E-state index contributed by atoms with van der Waals surface area (Å²) in [7, 11) is 1.59. The lowest BCUT2D eigenvalue weighted by atomic mass is 9.41. The molecule has 200 valence electrons. The zero-order valence-electron chi connectivity index (χ0n) is 23.9. The van der Waals surface area contributed by atoms with Gasteiger partial charge in [-0.25, -0.2) is 0 Å². The molecule has 0 aromatic carbocycles. The number of carbonyl (C=O) groups excluding carboxylic acids is 1. The molecule has 1 unspecified atom stereocenters. The number of aliphatic hydroxyl groups is 2. The summed E-state index contributed by atoms with van der Waals surface area (Å²) in [6.45, 7) is 17.9. The first kappa shape index (κ1) is 27.3. The number of fused-ring (bicyclic) bond motifs is 5. The number of hydrogen-bond acceptors (Lipinski definition) is 4. The van der Waals surface area contributed by atoms with Gasteiger partial charge in [-0.1, -0.05) is 53.2 Å². The first-order valence-electron chi connectivity index (χ1n) is 14.2. The van der Waals surface area contributed by atoms with Crippen LogP contribution in [0.2, 0.25) is 0 Å². The normalized spacial score (nSPS) is 43.5. The molecule has 4 rings (SSSR count). The van der Waals surface area contributed by atoms with Crippen LogP contribution in [-0.4, -0.2) is 40.9 Å². The van der Waals surface area contributed by atoms with E-state index in [0.717, 1.165) is 19.3 Å². The first-order valence-corrected chi connectivity index (χ1v) is 14.2. The van der Waals surface area contributed by atoms with Crippen LogP contribution in [0.25, 0.3) is 0 Å². The standard InChI is InChI=1S/C31H52O4/c1-19(18-23(32)26(34)28(4,5)35-9)20-12-16-31(8)22-10-11-24-27(2,3)25(33)14-15-29(24,6)21(22)13-17-30(20,31)7/h10,19-21,23-24,26,32,34H,11-18H2,1-9H3/t19-,20+,21-,23+,24?,26-,29+,30-,31+/m0/s1. The molecule has 2 N–H and O–H groups in total. The van der Waals surface area contributed by atoms with E-state index < -0.39 is 17.8 Å². The molecule has 0 aromatic rings. The number of Topliss-reactive ketones (excluding diaryl/α,β-unsaturated/α-hetero) is 1. The van der Waals surface area contributed by atoms with Crippen molar-refractivity contribution in [1.29, 1.82) is 0 Å². The molecule has 4 nitrogen and oxygen atoms in total. The number of hydrogen-bond donors (Lipinski definition) is 2. The number of allylic oxidation sites excluding steroid dienone is 2. The summed E-state index contributed by atoms with van der Waals surface area (Å²) in [5.41, 5.74) is 1.27. The van der Waals surface area contributed by atoms with Gasteiger partial charge >= 0.3 is 0 Å². The first-order chi connectivity index (χ1) is 16.1. The van der Waals surface area contributed by atoms with E-state index in [2.05, 4.69) is 47.6 Å². The van der Waals surface area contributed by atoms with E-state index in [9.17, 15) is 15.0 Å². The molecule has 0 saturated heterocycles. The highest BCUT2D eigenvalue weighted by molar-refractivity contribution is 5.85. The monoisotopic (exact) mass is 488 g/mol. The van der Waals surface area contributed by atoms with E-state index in [4.69, 9.17) is 4.74 Å². The second-order valence-electron chi connectivity index (χ2n) is 14.6. The van der Waals surface area contributed by atoms with E-state index >= 15 is 0 Å². The fraction of sp³-hybridized carbons (Fsp3) is 0.903. The van der Waals surface area contributed by atoms with Gasteiger partial charge in [-0.2, -0.15) is 0 Å². The SMILES string of the molecule is COC(C)(C)[C@@H](O)[C@H](O)C[C@H](C)[C@H]1CC[C@]2(C)C3=CCC4C(C)(C)C(=O)CC[C@]4(C)[C@H]3CC[C@@]12C. The highest BCUT2D eigenvalue weighted by Gasteiger charge is 2.65. The molecule has 0 radical (unpaired) electrons. The van der Waals surface area contributed by atoms with Crippen molar-refractivity contribution in [2.75, 3.05) is 7.11 Å². The Balaban J connectivity index is 1.59. The van der Waals surface area contributed by atoms with Crippen LogP contribution < -0.4 is 0 Å². The molecule has 3 saturated carbocycles. The van der Waals surface area contributed by atoms with Crippen molar-refractivity contribution in [1.82, 2.24) is 0 Å². The minimum absolute atomic E-state index is 0.170. The van der Waals surface area contributed by atoms with E-state index in [1.165, 1.54) is 25.7 Å². The lowest BCUT2D eigenvalue weighted by molar-refractivity contribution is -0.146. The number of carbonyl (C=O) groups is 1. The topological polar surface area (TPSA) is 66.8 Å². The lowest BCUT2D eigenvalue weighted by Gasteiger charge is -2.63. The zero-order valence-corrected chi connectivity index (χ0v) is 23.9. The highest BCUT2D eigenvalue weighted by Crippen LogP contribution is 2.73. The third-order valence-corrected chi connectivity index (χ3v) is 12.5. The quantitative estimate of drug-likeness (QED) is 0.429. The van der Waals surface area contributed by atoms with Crippen LogP contribution in [0, 0.1) is 45.3 Å². The fourth-order valence-corrected chi connectivity index (χ4v) is 9.72. The van der Waals surface area contributed by atoms with Crippen molar-refractivity contribution in [3.8, 4) is 0 Å². The van der Waals surface area contributed by atoms with Crippen molar-refractivity contribution >= 4 is 5.78 Å². The van der Waals surface area contributed by atoms with Gasteiger partial charge < -0.3 is 14.9 Å². The van der Waals surface area contributed by atoms with E-state index in [0.29, 0.717) is 35.9 Å². The molecule has 4 aliphatic rings. The van der Waals surface area contributed by atoms with Gasteiger partial charge in [-0.3, -0.25) is 4.79 Å². The van der Waals surface area contributed by atoms with Crippen LogP contribution in [0.3, 0.4) is 0 Å². The molecule has 0 amide bonds. The Morgan fingerprint density at radius 1 is 1.09 bits per heavy atom. The molecule has 0 bridgehead atoms. The maximum Gasteiger partial charge on any atom is 0.138 e. The fourth-order valence-electron chi connectivity index (χ4n) is 9.72. The summed E-state index contributed by atoms with van der Waals surface area (Å²) in [5, 5.41) is 21.6. The van der Waals surface area contributed by atoms with Gasteiger partial charge in [0, 0.05) is 18.9 Å². The molecule has 9 atom stereocenters. The van der Waals surface area contributed by atoms with Crippen LogP contribution in [0.5, 0.6) is 0 Å². The summed E-state index contributed by atoms with van der Waals surface area (Å²) >= 11 is 0. The second kappa shape index (κ2) is 8.67. The van der Waals surface area contributed by atoms with Crippen molar-refractivity contribution < 1.29 is 19.7 Å². The Morgan fingerprint density at radius 3 is 2.37 bits per heavy atom. The molecule has 4 aliphatic carbocycles.